The molecule has 0 spiro atoms. The lowest BCUT2D eigenvalue weighted by atomic mass is 9.98. The summed E-state index contributed by atoms with van der Waals surface area (Å²) in [5.41, 5.74) is 0. The molecule has 0 amide bonds. The Kier molecular flexibility index (Phi) is 8.08. The number of ether oxygens (including phenoxy) is 1. The number of carboxylic acids is 1. The van der Waals surface area contributed by atoms with Gasteiger partial charge in [0.25, 0.3) is 10.2 Å². The fraction of sp³-hybridized carbons (Fsp3) is 0.900. The van der Waals surface area contributed by atoms with E-state index in [1.807, 2.05) is 13.8 Å². The number of nitrogens with one attached hydrogen (secondary N) is 2. The van der Waals surface area contributed by atoms with Crippen LogP contribution in [0.25, 0.3) is 0 Å². The molecule has 18 heavy (non-hydrogen) atoms. The summed E-state index contributed by atoms with van der Waals surface area (Å²) in [6.07, 6.45) is 0.427. The molecule has 0 saturated heterocycles. The van der Waals surface area contributed by atoms with Crippen LogP contribution < -0.4 is 9.44 Å². The maximum Gasteiger partial charge on any atom is 0.307 e. The first-order chi connectivity index (χ1) is 8.28. The molecule has 1 atom stereocenters. The van der Waals surface area contributed by atoms with Crippen molar-refractivity contribution in [2.45, 2.75) is 20.3 Å². The molecule has 0 bridgehead atoms. The SMILES string of the molecule is COCCNS(=O)(=O)NCC(CC(C)C)C(=O)O. The standard InChI is InChI=1S/C10H22N2O5S/c1-8(2)6-9(10(13)14)7-12-18(15,16)11-4-5-17-3/h8-9,11-12H,4-7H2,1-3H3,(H,13,14). The summed E-state index contributed by atoms with van der Waals surface area (Å²) in [6.45, 7) is 4.07. The first-order valence-electron chi connectivity index (χ1n) is 5.74. The largest absolute Gasteiger partial charge is 0.481 e. The van der Waals surface area contributed by atoms with Crippen molar-refractivity contribution in [2.24, 2.45) is 11.8 Å². The van der Waals surface area contributed by atoms with E-state index in [1.54, 1.807) is 0 Å². The average molecular weight is 282 g/mol. The number of carboxylic acid groups (broad SMARTS) is 1. The third-order valence-corrected chi connectivity index (χ3v) is 3.35. The Morgan fingerprint density at radius 1 is 1.33 bits per heavy atom. The third kappa shape index (κ3) is 8.40. The summed E-state index contributed by atoms with van der Waals surface area (Å²) in [6, 6.07) is 0. The van der Waals surface area contributed by atoms with E-state index in [-0.39, 0.29) is 25.6 Å². The quantitative estimate of drug-likeness (QED) is 0.481. The van der Waals surface area contributed by atoms with Crippen molar-refractivity contribution >= 4 is 16.2 Å². The van der Waals surface area contributed by atoms with Crippen LogP contribution in [0.2, 0.25) is 0 Å². The third-order valence-electron chi connectivity index (χ3n) is 2.22. The lowest BCUT2D eigenvalue weighted by Crippen LogP contribution is -2.41. The summed E-state index contributed by atoms with van der Waals surface area (Å²) in [5, 5.41) is 8.96. The Hall–Kier alpha value is -0.700. The number of hydrogen-bond donors (Lipinski definition) is 3. The number of carbonyl (C=O) groups is 1. The minimum absolute atomic E-state index is 0.115. The zero-order valence-corrected chi connectivity index (χ0v) is 11.8. The van der Waals surface area contributed by atoms with Gasteiger partial charge < -0.3 is 9.84 Å². The molecule has 8 heteroatoms. The van der Waals surface area contributed by atoms with Crippen LogP contribution in [0.5, 0.6) is 0 Å². The molecule has 0 radical (unpaired) electrons. The second-order valence-electron chi connectivity index (χ2n) is 4.40. The molecule has 0 aromatic heterocycles. The first kappa shape index (κ1) is 17.3. The molecule has 0 aliphatic rings. The highest BCUT2D eigenvalue weighted by Crippen LogP contribution is 2.11. The monoisotopic (exact) mass is 282 g/mol. The van der Waals surface area contributed by atoms with Gasteiger partial charge in [0.1, 0.15) is 0 Å². The highest BCUT2D eigenvalue weighted by molar-refractivity contribution is 7.87. The minimum atomic E-state index is -3.66. The van der Waals surface area contributed by atoms with E-state index in [0.717, 1.165) is 0 Å². The summed E-state index contributed by atoms with van der Waals surface area (Å²) in [7, 11) is -2.20. The molecule has 7 nitrogen and oxygen atoms in total. The number of aliphatic carboxylic acids is 1. The van der Waals surface area contributed by atoms with Crippen molar-refractivity contribution in [1.82, 2.24) is 9.44 Å². The fourth-order valence-electron chi connectivity index (χ4n) is 1.38. The van der Waals surface area contributed by atoms with E-state index in [0.29, 0.717) is 6.42 Å². The highest BCUT2D eigenvalue weighted by atomic mass is 32.2. The molecule has 0 heterocycles. The molecule has 0 fully saturated rings. The van der Waals surface area contributed by atoms with E-state index in [4.69, 9.17) is 9.84 Å². The molecular formula is C10H22N2O5S. The molecule has 1 unspecified atom stereocenters. The van der Waals surface area contributed by atoms with Crippen molar-refractivity contribution in [3.05, 3.63) is 0 Å². The van der Waals surface area contributed by atoms with E-state index in [1.165, 1.54) is 7.11 Å². The van der Waals surface area contributed by atoms with Crippen LogP contribution >= 0.6 is 0 Å². The lowest BCUT2D eigenvalue weighted by molar-refractivity contribution is -0.142. The van der Waals surface area contributed by atoms with Crippen molar-refractivity contribution < 1.29 is 23.1 Å². The van der Waals surface area contributed by atoms with Gasteiger partial charge in [-0.3, -0.25) is 4.79 Å². The van der Waals surface area contributed by atoms with Crippen molar-refractivity contribution in [2.75, 3.05) is 26.8 Å². The lowest BCUT2D eigenvalue weighted by Gasteiger charge is -2.15. The molecule has 0 aromatic rings. The average Bonchev–Trinajstić information content (AvgIpc) is 2.23. The first-order valence-corrected chi connectivity index (χ1v) is 7.22. The summed E-state index contributed by atoms with van der Waals surface area (Å²) in [4.78, 5) is 10.9. The van der Waals surface area contributed by atoms with Crippen molar-refractivity contribution in [3.63, 3.8) is 0 Å². The predicted octanol–water partition coefficient (Wildman–Crippen LogP) is -0.196. The normalized spacial score (nSPS) is 13.8. The highest BCUT2D eigenvalue weighted by Gasteiger charge is 2.21. The van der Waals surface area contributed by atoms with Gasteiger partial charge in [-0.1, -0.05) is 13.8 Å². The smallest absolute Gasteiger partial charge is 0.307 e. The Morgan fingerprint density at radius 3 is 2.39 bits per heavy atom. The molecule has 0 rings (SSSR count). The maximum absolute atomic E-state index is 11.4. The summed E-state index contributed by atoms with van der Waals surface area (Å²) in [5.74, 6) is -1.52. The summed E-state index contributed by atoms with van der Waals surface area (Å²) < 4.78 is 32.1. The Balaban J connectivity index is 4.20. The van der Waals surface area contributed by atoms with Gasteiger partial charge in [0.05, 0.1) is 12.5 Å². The van der Waals surface area contributed by atoms with E-state index in [2.05, 4.69) is 9.44 Å². The fourth-order valence-corrected chi connectivity index (χ4v) is 2.25. The second-order valence-corrected chi connectivity index (χ2v) is 5.99. The Bertz CT molecular complexity index is 342. The Labute approximate surface area is 108 Å². The van der Waals surface area contributed by atoms with Crippen LogP contribution in [-0.4, -0.2) is 46.3 Å². The molecular weight excluding hydrogens is 260 g/mol. The van der Waals surface area contributed by atoms with Gasteiger partial charge in [0.2, 0.25) is 0 Å². The second kappa shape index (κ2) is 8.41. The van der Waals surface area contributed by atoms with Gasteiger partial charge in [-0.2, -0.15) is 13.1 Å². The van der Waals surface area contributed by atoms with Gasteiger partial charge in [-0.15, -0.1) is 0 Å². The molecule has 0 aliphatic carbocycles. The van der Waals surface area contributed by atoms with Crippen LogP contribution in [0.15, 0.2) is 0 Å². The zero-order valence-electron chi connectivity index (χ0n) is 11.0. The van der Waals surface area contributed by atoms with Crippen molar-refractivity contribution in [1.29, 1.82) is 0 Å². The van der Waals surface area contributed by atoms with Gasteiger partial charge >= 0.3 is 5.97 Å². The van der Waals surface area contributed by atoms with Gasteiger partial charge in [-0.25, -0.2) is 4.72 Å². The van der Waals surface area contributed by atoms with Crippen LogP contribution in [-0.2, 0) is 19.7 Å². The van der Waals surface area contributed by atoms with Gasteiger partial charge in [-0.05, 0) is 12.3 Å². The molecule has 0 saturated carbocycles. The van der Waals surface area contributed by atoms with E-state index in [9.17, 15) is 13.2 Å². The van der Waals surface area contributed by atoms with Crippen molar-refractivity contribution in [3.8, 4) is 0 Å². The van der Waals surface area contributed by atoms with E-state index < -0.39 is 22.1 Å². The van der Waals surface area contributed by atoms with E-state index >= 15 is 0 Å². The molecule has 0 aliphatic heterocycles. The summed E-state index contributed by atoms with van der Waals surface area (Å²) >= 11 is 0. The number of rotatable bonds is 10. The van der Waals surface area contributed by atoms with Gasteiger partial charge in [0.15, 0.2) is 0 Å². The molecule has 3 N–H and O–H groups in total. The van der Waals surface area contributed by atoms with Gasteiger partial charge in [0, 0.05) is 20.2 Å². The van der Waals surface area contributed by atoms with Crippen LogP contribution in [0.1, 0.15) is 20.3 Å². The number of hydrogen-bond acceptors (Lipinski definition) is 4. The molecule has 108 valence electrons. The Morgan fingerprint density at radius 2 is 1.94 bits per heavy atom. The topological polar surface area (TPSA) is 105 Å². The number of methoxy groups -OCH3 is 1. The minimum Gasteiger partial charge on any atom is -0.481 e. The van der Waals surface area contributed by atoms with Crippen LogP contribution in [0.3, 0.4) is 0 Å². The maximum atomic E-state index is 11.4. The predicted molar refractivity (Wildman–Crippen MR) is 67.4 cm³/mol. The zero-order chi connectivity index (χ0) is 14.2. The molecule has 0 aromatic carbocycles. The van der Waals surface area contributed by atoms with Crippen LogP contribution in [0.4, 0.5) is 0 Å². The van der Waals surface area contributed by atoms with Crippen LogP contribution in [0, 0.1) is 11.8 Å².